The number of rotatable bonds is 7. The quantitative estimate of drug-likeness (QED) is 0.694. The highest BCUT2D eigenvalue weighted by Gasteiger charge is 2.10. The van der Waals surface area contributed by atoms with E-state index in [-0.39, 0.29) is 11.8 Å². The van der Waals surface area contributed by atoms with E-state index >= 15 is 0 Å². The van der Waals surface area contributed by atoms with E-state index in [0.717, 1.165) is 36.8 Å². The average Bonchev–Trinajstić information content (AvgIpc) is 3.14. The fourth-order valence-electron chi connectivity index (χ4n) is 2.11. The minimum Gasteiger partial charge on any atom is -0.352 e. The average molecular weight is 272 g/mol. The monoisotopic (exact) mass is 272 g/mol. The molecule has 0 saturated heterocycles. The zero-order valence-corrected chi connectivity index (χ0v) is 11.5. The van der Waals surface area contributed by atoms with Crippen LogP contribution < -0.4 is 10.6 Å². The van der Waals surface area contributed by atoms with Crippen LogP contribution in [0.3, 0.4) is 0 Å². The third kappa shape index (κ3) is 4.23. The molecule has 4 nitrogen and oxygen atoms in total. The van der Waals surface area contributed by atoms with E-state index in [9.17, 15) is 9.59 Å². The van der Waals surface area contributed by atoms with Crippen molar-refractivity contribution in [3.63, 3.8) is 0 Å². The molecule has 0 spiro atoms. The highest BCUT2D eigenvalue weighted by molar-refractivity contribution is 5.95. The second kappa shape index (κ2) is 7.48. The lowest BCUT2D eigenvalue weighted by molar-refractivity contribution is -0.118. The van der Waals surface area contributed by atoms with Crippen molar-refractivity contribution >= 4 is 11.8 Å². The first-order valence-corrected chi connectivity index (χ1v) is 7.05. The first-order valence-electron chi connectivity index (χ1n) is 7.05. The molecule has 0 heterocycles. The number of nitrogens with one attached hydrogen (secondary N) is 2. The van der Waals surface area contributed by atoms with E-state index in [1.807, 2.05) is 36.5 Å². The molecule has 2 amide bonds. The molecule has 0 fully saturated rings. The van der Waals surface area contributed by atoms with Gasteiger partial charge in [-0.3, -0.25) is 9.59 Å². The van der Waals surface area contributed by atoms with Crippen LogP contribution in [0.2, 0.25) is 0 Å². The maximum atomic E-state index is 11.7. The Kier molecular flexibility index (Phi) is 5.35. The molecule has 0 aromatic carbocycles. The highest BCUT2D eigenvalue weighted by atomic mass is 16.2. The Morgan fingerprint density at radius 2 is 1.30 bits per heavy atom. The van der Waals surface area contributed by atoms with Gasteiger partial charge in [0.1, 0.15) is 0 Å². The van der Waals surface area contributed by atoms with Crippen LogP contribution in [0.5, 0.6) is 0 Å². The predicted octanol–water partition coefficient (Wildman–Crippen LogP) is 1.77. The zero-order valence-electron chi connectivity index (χ0n) is 11.5. The summed E-state index contributed by atoms with van der Waals surface area (Å²) < 4.78 is 0. The molecular formula is C16H20N2O2. The van der Waals surface area contributed by atoms with Gasteiger partial charge in [0.15, 0.2) is 0 Å². The Balaban J connectivity index is 1.49. The van der Waals surface area contributed by atoms with E-state index < -0.39 is 0 Å². The number of allylic oxidation sites excluding steroid dienone is 6. The molecule has 0 aliphatic heterocycles. The number of carbonyl (C=O) groups excluding carboxylic acids is 2. The van der Waals surface area contributed by atoms with Crippen molar-refractivity contribution in [2.45, 2.75) is 25.7 Å². The molecule has 0 aromatic rings. The maximum Gasteiger partial charge on any atom is 0.247 e. The van der Waals surface area contributed by atoms with Crippen molar-refractivity contribution in [2.24, 2.45) is 0 Å². The third-order valence-corrected chi connectivity index (χ3v) is 3.30. The van der Waals surface area contributed by atoms with Gasteiger partial charge in [0.2, 0.25) is 11.8 Å². The number of hydrogen-bond acceptors (Lipinski definition) is 2. The number of carbonyl (C=O) groups is 2. The first kappa shape index (κ1) is 14.3. The van der Waals surface area contributed by atoms with Crippen molar-refractivity contribution in [3.8, 4) is 0 Å². The lowest BCUT2D eigenvalue weighted by Gasteiger charge is -2.07. The molecule has 2 N–H and O–H groups in total. The van der Waals surface area contributed by atoms with Crippen LogP contribution in [0.1, 0.15) is 25.7 Å². The second-order valence-corrected chi connectivity index (χ2v) is 4.87. The highest BCUT2D eigenvalue weighted by Crippen LogP contribution is 2.10. The van der Waals surface area contributed by atoms with Crippen LogP contribution >= 0.6 is 0 Å². The van der Waals surface area contributed by atoms with Crippen LogP contribution in [0.15, 0.2) is 47.6 Å². The molecule has 0 unspecified atom stereocenters. The topological polar surface area (TPSA) is 58.2 Å². The van der Waals surface area contributed by atoms with Gasteiger partial charge in [0.05, 0.1) is 0 Å². The van der Waals surface area contributed by atoms with Gasteiger partial charge in [-0.1, -0.05) is 36.5 Å². The summed E-state index contributed by atoms with van der Waals surface area (Å²) >= 11 is 0. The smallest absolute Gasteiger partial charge is 0.247 e. The molecule has 2 aliphatic carbocycles. The van der Waals surface area contributed by atoms with E-state index in [2.05, 4.69) is 10.6 Å². The molecule has 0 radical (unpaired) electrons. The first-order chi connectivity index (χ1) is 9.77. The lowest BCUT2D eigenvalue weighted by Crippen LogP contribution is -2.28. The standard InChI is InChI=1S/C16H20N2O2/c19-15(13-7-1-2-8-13)17-11-5-6-12-18-16(20)14-9-3-4-10-14/h1-4,7,9H,5-6,8,10-12H2,(H,17,19)(H,18,20). The zero-order chi connectivity index (χ0) is 14.2. The Labute approximate surface area is 119 Å². The minimum absolute atomic E-state index is 0.0150. The Morgan fingerprint density at radius 1 is 0.850 bits per heavy atom. The summed E-state index contributed by atoms with van der Waals surface area (Å²) in [5, 5.41) is 5.77. The number of amides is 2. The molecule has 2 aliphatic rings. The summed E-state index contributed by atoms with van der Waals surface area (Å²) in [6.07, 6.45) is 14.6. The molecule has 4 heteroatoms. The van der Waals surface area contributed by atoms with Crippen LogP contribution in [0.25, 0.3) is 0 Å². The Morgan fingerprint density at radius 3 is 1.65 bits per heavy atom. The normalized spacial score (nSPS) is 16.0. The van der Waals surface area contributed by atoms with Crippen molar-refractivity contribution in [3.05, 3.63) is 47.6 Å². The summed E-state index contributed by atoms with van der Waals surface area (Å²) in [4.78, 5) is 23.3. The Hall–Kier alpha value is -2.10. The van der Waals surface area contributed by atoms with Gasteiger partial charge in [-0.15, -0.1) is 0 Å². The number of unbranched alkanes of at least 4 members (excludes halogenated alkanes) is 1. The van der Waals surface area contributed by atoms with Crippen LogP contribution in [0, 0.1) is 0 Å². The lowest BCUT2D eigenvalue weighted by atomic mass is 10.2. The summed E-state index contributed by atoms with van der Waals surface area (Å²) in [6.45, 7) is 1.30. The van der Waals surface area contributed by atoms with Crippen LogP contribution in [0.4, 0.5) is 0 Å². The summed E-state index contributed by atoms with van der Waals surface area (Å²) in [7, 11) is 0. The fourth-order valence-corrected chi connectivity index (χ4v) is 2.11. The third-order valence-electron chi connectivity index (χ3n) is 3.30. The van der Waals surface area contributed by atoms with E-state index in [0.29, 0.717) is 13.1 Å². The van der Waals surface area contributed by atoms with E-state index in [4.69, 9.17) is 0 Å². The molecule has 2 rings (SSSR count). The summed E-state index contributed by atoms with van der Waals surface area (Å²) in [5.74, 6) is 0.0300. The molecule has 20 heavy (non-hydrogen) atoms. The molecular weight excluding hydrogens is 252 g/mol. The van der Waals surface area contributed by atoms with Gasteiger partial charge in [-0.05, 0) is 25.7 Å². The fraction of sp³-hybridized carbons (Fsp3) is 0.375. The van der Waals surface area contributed by atoms with Crippen molar-refractivity contribution in [1.82, 2.24) is 10.6 Å². The van der Waals surface area contributed by atoms with Crippen molar-refractivity contribution in [1.29, 1.82) is 0 Å². The van der Waals surface area contributed by atoms with E-state index in [1.165, 1.54) is 0 Å². The van der Waals surface area contributed by atoms with Crippen LogP contribution in [-0.2, 0) is 9.59 Å². The Bertz CT molecular complexity index is 453. The van der Waals surface area contributed by atoms with Gasteiger partial charge in [-0.25, -0.2) is 0 Å². The number of hydrogen-bond donors (Lipinski definition) is 2. The van der Waals surface area contributed by atoms with Gasteiger partial charge >= 0.3 is 0 Å². The van der Waals surface area contributed by atoms with Crippen LogP contribution in [-0.4, -0.2) is 24.9 Å². The molecule has 0 atom stereocenters. The molecule has 106 valence electrons. The molecule has 0 saturated carbocycles. The maximum absolute atomic E-state index is 11.7. The predicted molar refractivity (Wildman–Crippen MR) is 78.9 cm³/mol. The molecule has 0 bridgehead atoms. The van der Waals surface area contributed by atoms with Gasteiger partial charge in [-0.2, -0.15) is 0 Å². The molecule has 0 aromatic heterocycles. The summed E-state index contributed by atoms with van der Waals surface area (Å²) in [5.41, 5.74) is 1.64. The van der Waals surface area contributed by atoms with Gasteiger partial charge in [0, 0.05) is 24.2 Å². The van der Waals surface area contributed by atoms with Gasteiger partial charge in [0.25, 0.3) is 0 Å². The second-order valence-electron chi connectivity index (χ2n) is 4.87. The minimum atomic E-state index is 0.0150. The SMILES string of the molecule is O=C(NCCCCNC(=O)C1=CC=CC1)C1=CC=CC1. The van der Waals surface area contributed by atoms with E-state index in [1.54, 1.807) is 0 Å². The van der Waals surface area contributed by atoms with Crippen molar-refractivity contribution < 1.29 is 9.59 Å². The van der Waals surface area contributed by atoms with Gasteiger partial charge < -0.3 is 10.6 Å². The summed E-state index contributed by atoms with van der Waals surface area (Å²) in [6, 6.07) is 0. The largest absolute Gasteiger partial charge is 0.352 e. The van der Waals surface area contributed by atoms with Crippen molar-refractivity contribution in [2.75, 3.05) is 13.1 Å².